The first-order chi connectivity index (χ1) is 28.1. The van der Waals surface area contributed by atoms with Crippen molar-refractivity contribution in [3.63, 3.8) is 0 Å². The van der Waals surface area contributed by atoms with Gasteiger partial charge >= 0.3 is 19.8 Å². The van der Waals surface area contributed by atoms with Crippen LogP contribution in [0.15, 0.2) is 0 Å². The van der Waals surface area contributed by atoms with Crippen molar-refractivity contribution in [2.45, 2.75) is 231 Å². The molecular weight excluding hydrogens is 771 g/mol. The molecule has 0 aromatic rings. The van der Waals surface area contributed by atoms with Gasteiger partial charge in [-0.1, -0.05) is 149 Å². The van der Waals surface area contributed by atoms with Crippen LogP contribution in [0.5, 0.6) is 0 Å². The minimum atomic E-state index is -4.39. The quantitative estimate of drug-likeness (QED) is 0.0263. The maximum absolute atomic E-state index is 12.8. The molecule has 0 aromatic carbocycles. The minimum absolute atomic E-state index is 0.0224. The van der Waals surface area contributed by atoms with Crippen LogP contribution in [0, 0.1) is 0 Å². The van der Waals surface area contributed by atoms with Crippen LogP contribution in [0.4, 0.5) is 0 Å². The van der Waals surface area contributed by atoms with Gasteiger partial charge in [-0.05, 0) is 52.4 Å². The number of nitrogens with zero attached hydrogens (tertiary/aromatic N) is 2. The van der Waals surface area contributed by atoms with Gasteiger partial charge in [-0.15, -0.1) is 0 Å². The molecule has 0 saturated carbocycles. The fourth-order valence-corrected chi connectivity index (χ4v) is 8.30. The second kappa shape index (κ2) is 32.5. The van der Waals surface area contributed by atoms with Crippen LogP contribution in [0.1, 0.15) is 214 Å². The molecule has 0 bridgehead atoms. The molecular formula is C46H92N2O10P+. The summed E-state index contributed by atoms with van der Waals surface area (Å²) in [6.07, 6.45) is 29.8. The smallest absolute Gasteiger partial charge is 0.462 e. The Morgan fingerprint density at radius 2 is 1.10 bits per heavy atom. The Morgan fingerprint density at radius 1 is 0.661 bits per heavy atom. The van der Waals surface area contributed by atoms with Crippen molar-refractivity contribution in [3.8, 4) is 0 Å². The summed E-state index contributed by atoms with van der Waals surface area (Å²) >= 11 is 0. The lowest BCUT2D eigenvalue weighted by atomic mass is 9.95. The summed E-state index contributed by atoms with van der Waals surface area (Å²) in [7, 11) is 1.45. The van der Waals surface area contributed by atoms with Gasteiger partial charge in [0, 0.05) is 12.8 Å². The number of carbonyl (C=O) groups is 2. The molecule has 0 aromatic heterocycles. The Bertz CT molecular complexity index is 1120. The molecule has 1 aliphatic heterocycles. The fourth-order valence-electron chi connectivity index (χ4n) is 7.55. The predicted octanol–water partition coefficient (Wildman–Crippen LogP) is 11.8. The molecule has 1 saturated heterocycles. The summed E-state index contributed by atoms with van der Waals surface area (Å²) < 4.78 is 40.6. The van der Waals surface area contributed by atoms with E-state index >= 15 is 0 Å². The van der Waals surface area contributed by atoms with Gasteiger partial charge in [-0.2, -0.15) is 5.06 Å². The number of hydroxylamine groups is 2. The number of phosphoric ester groups is 1. The zero-order chi connectivity index (χ0) is 43.9. The van der Waals surface area contributed by atoms with Crippen LogP contribution in [0.2, 0.25) is 0 Å². The van der Waals surface area contributed by atoms with E-state index in [2.05, 4.69) is 13.8 Å². The summed E-state index contributed by atoms with van der Waals surface area (Å²) in [4.78, 5) is 35.5. The molecule has 2 unspecified atom stereocenters. The Balaban J connectivity index is 2.32. The van der Waals surface area contributed by atoms with Gasteiger partial charge in [0.1, 0.15) is 25.5 Å². The van der Waals surface area contributed by atoms with E-state index in [0.717, 1.165) is 83.5 Å². The molecule has 1 heterocycles. The number of hydrogen-bond donors (Lipinski definition) is 2. The van der Waals surface area contributed by atoms with E-state index < -0.39 is 32.2 Å². The SMILES string of the molecule is CCCCCCCCCCCCCCCC(=O)OC[C@H](COP(=O)(O)OCC[N+](C)(C)C)OC(=O)CCCCCCCCCCCCC1(CCCC)OCC(C)(C)N1O. The third kappa shape index (κ3) is 29.0. The van der Waals surface area contributed by atoms with Crippen molar-refractivity contribution in [3.05, 3.63) is 0 Å². The van der Waals surface area contributed by atoms with Crippen molar-refractivity contribution in [1.29, 1.82) is 0 Å². The van der Waals surface area contributed by atoms with E-state index in [1.807, 2.05) is 35.0 Å². The molecule has 1 aliphatic rings. The Labute approximate surface area is 361 Å². The van der Waals surface area contributed by atoms with Gasteiger partial charge < -0.3 is 28.8 Å². The van der Waals surface area contributed by atoms with Crippen LogP contribution in [-0.4, -0.2) is 103 Å². The van der Waals surface area contributed by atoms with Crippen molar-refractivity contribution in [2.24, 2.45) is 0 Å². The van der Waals surface area contributed by atoms with Crippen LogP contribution in [-0.2, 0) is 37.4 Å². The Morgan fingerprint density at radius 3 is 1.56 bits per heavy atom. The first-order valence-electron chi connectivity index (χ1n) is 24.0. The number of unbranched alkanes of at least 4 members (excludes halogenated alkanes) is 22. The lowest BCUT2D eigenvalue weighted by Crippen LogP contribution is -2.50. The lowest BCUT2D eigenvalue weighted by molar-refractivity contribution is -0.870. The molecule has 0 amide bonds. The highest BCUT2D eigenvalue weighted by atomic mass is 31.2. The molecule has 0 spiro atoms. The predicted molar refractivity (Wildman–Crippen MR) is 237 cm³/mol. The molecule has 59 heavy (non-hydrogen) atoms. The number of carbonyl (C=O) groups excluding carboxylic acids is 2. The summed E-state index contributed by atoms with van der Waals surface area (Å²) in [6.45, 7) is 8.92. The number of hydrogen-bond acceptors (Lipinski definition) is 10. The number of phosphoric acid groups is 1. The maximum Gasteiger partial charge on any atom is 0.472 e. The third-order valence-corrected chi connectivity index (χ3v) is 12.4. The molecule has 2 N–H and O–H groups in total. The Kier molecular flexibility index (Phi) is 30.8. The fraction of sp³-hybridized carbons (Fsp3) is 0.957. The van der Waals surface area contributed by atoms with E-state index in [-0.39, 0.29) is 37.6 Å². The number of esters is 2. The van der Waals surface area contributed by atoms with Crippen LogP contribution >= 0.6 is 7.82 Å². The van der Waals surface area contributed by atoms with Crippen molar-refractivity contribution in [2.75, 3.05) is 54.1 Å². The monoisotopic (exact) mass is 864 g/mol. The van der Waals surface area contributed by atoms with E-state index in [4.69, 9.17) is 23.3 Å². The lowest BCUT2D eigenvalue weighted by Gasteiger charge is -2.37. The number of ether oxygens (including phenoxy) is 3. The third-order valence-electron chi connectivity index (χ3n) is 11.4. The van der Waals surface area contributed by atoms with Crippen molar-refractivity contribution in [1.82, 2.24) is 5.06 Å². The highest BCUT2D eigenvalue weighted by Crippen LogP contribution is 2.43. The van der Waals surface area contributed by atoms with Crippen molar-refractivity contribution < 1.29 is 52.0 Å². The van der Waals surface area contributed by atoms with Crippen LogP contribution in [0.3, 0.4) is 0 Å². The van der Waals surface area contributed by atoms with Gasteiger partial charge in [0.05, 0.1) is 39.9 Å². The standard InChI is InChI=1S/C46H91N2O10P/c1-8-10-12-13-14-15-16-17-18-21-24-27-30-33-43(49)54-39-42(40-57-59(52,53)56-38-37-48(5,6)7)58-44(50)34-31-28-25-22-19-20-23-26-29-32-36-46(35-11-9-2)47(51)45(3,4)41-55-46/h42,51H,8-41H2,1-7H3/p+1/t42-,46?/m1/s1. The van der Waals surface area contributed by atoms with Gasteiger partial charge in [0.15, 0.2) is 6.10 Å². The largest absolute Gasteiger partial charge is 0.472 e. The molecule has 1 fully saturated rings. The van der Waals surface area contributed by atoms with E-state index in [1.54, 1.807) is 0 Å². The molecule has 0 radical (unpaired) electrons. The summed E-state index contributed by atoms with van der Waals surface area (Å²) in [5.41, 5.74) is -0.885. The average molecular weight is 864 g/mol. The summed E-state index contributed by atoms with van der Waals surface area (Å²) in [5.74, 6) is -0.825. The molecule has 0 aliphatic carbocycles. The molecule has 12 nitrogen and oxygen atoms in total. The Hall–Kier alpha value is -1.11. The zero-order valence-electron chi connectivity index (χ0n) is 39.1. The average Bonchev–Trinajstić information content (AvgIpc) is 3.40. The molecule has 3 atom stereocenters. The second-order valence-electron chi connectivity index (χ2n) is 18.9. The summed E-state index contributed by atoms with van der Waals surface area (Å²) in [5, 5.41) is 12.4. The van der Waals surface area contributed by atoms with E-state index in [9.17, 15) is 24.3 Å². The molecule has 1 rings (SSSR count). The van der Waals surface area contributed by atoms with E-state index in [1.165, 1.54) is 88.5 Å². The normalized spacial score (nSPS) is 18.5. The molecule has 13 heteroatoms. The van der Waals surface area contributed by atoms with Crippen molar-refractivity contribution >= 4 is 19.8 Å². The summed E-state index contributed by atoms with van der Waals surface area (Å²) in [6, 6.07) is 0. The highest BCUT2D eigenvalue weighted by Gasteiger charge is 2.50. The van der Waals surface area contributed by atoms with Gasteiger partial charge in [-0.25, -0.2) is 4.57 Å². The van der Waals surface area contributed by atoms with E-state index in [0.29, 0.717) is 24.1 Å². The van der Waals surface area contributed by atoms with Gasteiger partial charge in [0.2, 0.25) is 0 Å². The number of quaternary nitrogens is 1. The van der Waals surface area contributed by atoms with Gasteiger partial charge in [-0.3, -0.25) is 18.6 Å². The second-order valence-corrected chi connectivity index (χ2v) is 20.4. The maximum atomic E-state index is 12.8. The number of likely N-dealkylation sites (N-methyl/N-ethyl adjacent to an activating group) is 1. The minimum Gasteiger partial charge on any atom is -0.462 e. The molecule has 350 valence electrons. The highest BCUT2D eigenvalue weighted by molar-refractivity contribution is 7.47. The zero-order valence-corrected chi connectivity index (χ0v) is 40.0. The topological polar surface area (TPSA) is 141 Å². The van der Waals surface area contributed by atoms with Crippen LogP contribution < -0.4 is 0 Å². The number of rotatable bonds is 40. The van der Waals surface area contributed by atoms with Crippen LogP contribution in [0.25, 0.3) is 0 Å². The van der Waals surface area contributed by atoms with Gasteiger partial charge in [0.25, 0.3) is 0 Å². The first kappa shape index (κ1) is 55.9. The first-order valence-corrected chi connectivity index (χ1v) is 25.5.